The van der Waals surface area contributed by atoms with E-state index in [0.717, 1.165) is 0 Å². The van der Waals surface area contributed by atoms with Crippen molar-refractivity contribution in [3.8, 4) is 0 Å². The SMILES string of the molecule is C=N/C=C\C(=C)NC(=O)OC(C)(C)C. The second kappa shape index (κ2) is 5.21. The van der Waals surface area contributed by atoms with E-state index in [4.69, 9.17) is 4.74 Å². The van der Waals surface area contributed by atoms with Gasteiger partial charge in [0.2, 0.25) is 0 Å². The molecule has 14 heavy (non-hydrogen) atoms. The molecule has 4 heteroatoms. The lowest BCUT2D eigenvalue weighted by atomic mass is 10.2. The summed E-state index contributed by atoms with van der Waals surface area (Å²) in [5.41, 5.74) is -0.100. The molecule has 0 fully saturated rings. The van der Waals surface area contributed by atoms with Gasteiger partial charge in [-0.25, -0.2) is 4.79 Å². The lowest BCUT2D eigenvalue weighted by Crippen LogP contribution is -2.31. The van der Waals surface area contributed by atoms with E-state index >= 15 is 0 Å². The quantitative estimate of drug-likeness (QED) is 0.556. The lowest BCUT2D eigenvalue weighted by Gasteiger charge is -2.19. The summed E-state index contributed by atoms with van der Waals surface area (Å²) in [5.74, 6) is 0. The molecular formula is C10H16N2O2. The zero-order valence-electron chi connectivity index (χ0n) is 8.83. The molecule has 0 aromatic heterocycles. The first-order valence-electron chi connectivity index (χ1n) is 4.16. The summed E-state index contributed by atoms with van der Waals surface area (Å²) in [6, 6.07) is 0. The topological polar surface area (TPSA) is 50.7 Å². The van der Waals surface area contributed by atoms with Gasteiger partial charge in [-0.15, -0.1) is 0 Å². The molecule has 0 radical (unpaired) electrons. The van der Waals surface area contributed by atoms with Gasteiger partial charge in [0.15, 0.2) is 0 Å². The fraction of sp³-hybridized carbons (Fsp3) is 0.400. The number of aliphatic imine (C=N–C) groups is 1. The van der Waals surface area contributed by atoms with Crippen LogP contribution < -0.4 is 5.32 Å². The van der Waals surface area contributed by atoms with E-state index in [9.17, 15) is 4.79 Å². The monoisotopic (exact) mass is 196 g/mol. The van der Waals surface area contributed by atoms with Gasteiger partial charge in [0.05, 0.1) is 0 Å². The van der Waals surface area contributed by atoms with E-state index in [0.29, 0.717) is 5.70 Å². The van der Waals surface area contributed by atoms with E-state index in [1.54, 1.807) is 20.8 Å². The molecule has 1 N–H and O–H groups in total. The maximum Gasteiger partial charge on any atom is 0.412 e. The molecule has 0 spiro atoms. The molecule has 1 amide bonds. The molecule has 0 rings (SSSR count). The lowest BCUT2D eigenvalue weighted by molar-refractivity contribution is 0.0548. The van der Waals surface area contributed by atoms with Crippen molar-refractivity contribution in [2.24, 2.45) is 4.99 Å². The molecule has 0 aliphatic carbocycles. The zero-order valence-corrected chi connectivity index (χ0v) is 8.83. The summed E-state index contributed by atoms with van der Waals surface area (Å²) >= 11 is 0. The zero-order chi connectivity index (χ0) is 11.2. The third-order valence-corrected chi connectivity index (χ3v) is 1.04. The Morgan fingerprint density at radius 2 is 2.07 bits per heavy atom. The van der Waals surface area contributed by atoms with Crippen LogP contribution in [0.4, 0.5) is 4.79 Å². The van der Waals surface area contributed by atoms with Gasteiger partial charge in [-0.05, 0) is 33.6 Å². The first-order valence-corrected chi connectivity index (χ1v) is 4.16. The van der Waals surface area contributed by atoms with E-state index in [2.05, 4.69) is 23.6 Å². The van der Waals surface area contributed by atoms with Crippen molar-refractivity contribution in [3.63, 3.8) is 0 Å². The van der Waals surface area contributed by atoms with Crippen LogP contribution in [0.5, 0.6) is 0 Å². The standard InChI is InChI=1S/C10H16N2O2/c1-8(6-7-11-5)12-9(13)14-10(2,3)4/h6-7H,1,5H2,2-4H3,(H,12,13)/b7-6-. The van der Waals surface area contributed by atoms with Crippen molar-refractivity contribution < 1.29 is 9.53 Å². The number of amides is 1. The van der Waals surface area contributed by atoms with Crippen LogP contribution in [0.2, 0.25) is 0 Å². The predicted molar refractivity (Wildman–Crippen MR) is 57.2 cm³/mol. The summed E-state index contributed by atoms with van der Waals surface area (Å²) in [7, 11) is 0. The van der Waals surface area contributed by atoms with Crippen LogP contribution in [0.3, 0.4) is 0 Å². The summed E-state index contributed by atoms with van der Waals surface area (Å²) in [6.07, 6.45) is 2.42. The number of rotatable bonds is 3. The number of allylic oxidation sites excluding steroid dienone is 1. The smallest absolute Gasteiger partial charge is 0.412 e. The molecule has 0 saturated heterocycles. The molecule has 0 aromatic carbocycles. The number of carbonyl (C=O) groups is 1. The number of hydrogen-bond acceptors (Lipinski definition) is 3. The van der Waals surface area contributed by atoms with Gasteiger partial charge in [-0.1, -0.05) is 6.58 Å². The highest BCUT2D eigenvalue weighted by molar-refractivity contribution is 5.70. The average Bonchev–Trinajstić information content (AvgIpc) is 1.96. The van der Waals surface area contributed by atoms with Crippen molar-refractivity contribution in [2.45, 2.75) is 26.4 Å². The Morgan fingerprint density at radius 1 is 1.50 bits per heavy atom. The second-order valence-corrected chi connectivity index (χ2v) is 3.65. The van der Waals surface area contributed by atoms with Gasteiger partial charge in [0, 0.05) is 11.9 Å². The van der Waals surface area contributed by atoms with Crippen LogP contribution in [-0.2, 0) is 4.74 Å². The van der Waals surface area contributed by atoms with Crippen molar-refractivity contribution in [2.75, 3.05) is 0 Å². The molecule has 0 unspecified atom stereocenters. The van der Waals surface area contributed by atoms with E-state index in [-0.39, 0.29) is 0 Å². The minimum Gasteiger partial charge on any atom is -0.444 e. The predicted octanol–water partition coefficient (Wildman–Crippen LogP) is 2.24. The minimum absolute atomic E-state index is 0.409. The number of carbonyl (C=O) groups excluding carboxylic acids is 1. The fourth-order valence-electron chi connectivity index (χ4n) is 0.619. The largest absolute Gasteiger partial charge is 0.444 e. The minimum atomic E-state index is -0.531. The first kappa shape index (κ1) is 12.4. The normalized spacial score (nSPS) is 11.1. The van der Waals surface area contributed by atoms with Crippen LogP contribution in [0.1, 0.15) is 20.8 Å². The highest BCUT2D eigenvalue weighted by Crippen LogP contribution is 2.06. The number of nitrogens with zero attached hydrogens (tertiary/aromatic N) is 1. The third-order valence-electron chi connectivity index (χ3n) is 1.04. The van der Waals surface area contributed by atoms with Crippen molar-refractivity contribution in [1.29, 1.82) is 0 Å². The highest BCUT2D eigenvalue weighted by atomic mass is 16.6. The molecule has 78 valence electrons. The van der Waals surface area contributed by atoms with Gasteiger partial charge in [-0.2, -0.15) is 0 Å². The van der Waals surface area contributed by atoms with Crippen LogP contribution in [0.25, 0.3) is 0 Å². The Morgan fingerprint density at radius 3 is 2.50 bits per heavy atom. The van der Waals surface area contributed by atoms with Gasteiger partial charge in [0.25, 0.3) is 0 Å². The van der Waals surface area contributed by atoms with Crippen LogP contribution in [-0.4, -0.2) is 18.4 Å². The van der Waals surface area contributed by atoms with Gasteiger partial charge >= 0.3 is 6.09 Å². The summed E-state index contributed by atoms with van der Waals surface area (Å²) in [5, 5.41) is 2.44. The molecule has 4 nitrogen and oxygen atoms in total. The Labute approximate surface area is 84.4 Å². The molecule has 0 heterocycles. The Hall–Kier alpha value is -1.58. The Kier molecular flexibility index (Phi) is 4.63. The number of alkyl carbamates (subject to hydrolysis) is 1. The number of hydrogen-bond donors (Lipinski definition) is 1. The van der Waals surface area contributed by atoms with Crippen molar-refractivity contribution >= 4 is 12.8 Å². The first-order chi connectivity index (χ1) is 6.35. The summed E-state index contributed by atoms with van der Waals surface area (Å²) in [6.45, 7) is 12.2. The molecule has 0 atom stereocenters. The van der Waals surface area contributed by atoms with Crippen LogP contribution in [0, 0.1) is 0 Å². The average molecular weight is 196 g/mol. The van der Waals surface area contributed by atoms with Crippen LogP contribution >= 0.6 is 0 Å². The number of ether oxygens (including phenoxy) is 1. The molecular weight excluding hydrogens is 180 g/mol. The van der Waals surface area contributed by atoms with Crippen molar-refractivity contribution in [1.82, 2.24) is 5.32 Å². The molecule has 0 saturated carbocycles. The number of nitrogens with one attached hydrogen (secondary N) is 1. The fourth-order valence-corrected chi connectivity index (χ4v) is 0.619. The van der Waals surface area contributed by atoms with E-state index in [1.807, 2.05) is 0 Å². The maximum absolute atomic E-state index is 11.2. The van der Waals surface area contributed by atoms with Gasteiger partial charge in [0.1, 0.15) is 5.60 Å². The van der Waals surface area contributed by atoms with E-state index in [1.165, 1.54) is 12.3 Å². The second-order valence-electron chi connectivity index (χ2n) is 3.65. The molecule has 0 aromatic rings. The highest BCUT2D eigenvalue weighted by Gasteiger charge is 2.15. The van der Waals surface area contributed by atoms with Gasteiger partial charge in [-0.3, -0.25) is 10.3 Å². The van der Waals surface area contributed by atoms with Crippen molar-refractivity contribution in [3.05, 3.63) is 24.6 Å². The summed E-state index contributed by atoms with van der Waals surface area (Å²) in [4.78, 5) is 14.6. The maximum atomic E-state index is 11.2. The van der Waals surface area contributed by atoms with E-state index < -0.39 is 11.7 Å². The molecule has 0 aliphatic heterocycles. The Balaban J connectivity index is 4.01. The van der Waals surface area contributed by atoms with Gasteiger partial charge < -0.3 is 4.74 Å². The molecule has 0 bridgehead atoms. The van der Waals surface area contributed by atoms with Crippen LogP contribution in [0.15, 0.2) is 29.5 Å². The Bertz CT molecular complexity index is 262. The molecule has 0 aliphatic rings. The third kappa shape index (κ3) is 7.09. The summed E-state index contributed by atoms with van der Waals surface area (Å²) < 4.78 is 5.00.